The number of hydrogen-bond acceptors (Lipinski definition) is 4. The van der Waals surface area contributed by atoms with E-state index in [1.165, 1.54) is 0 Å². The van der Waals surface area contributed by atoms with Gasteiger partial charge in [-0.1, -0.05) is 34.1 Å². The van der Waals surface area contributed by atoms with Gasteiger partial charge in [0.05, 0.1) is 6.61 Å². The SMILES string of the molecule is CCCCOOC(=O)CC(=O)C(CC)(CC)CC.[Zr]. The number of hydrogen-bond donors (Lipinski definition) is 0. The molecule has 4 nitrogen and oxygen atoms in total. The predicted octanol–water partition coefficient (Wildman–Crippen LogP) is 3.43. The van der Waals surface area contributed by atoms with Crippen molar-refractivity contribution in [1.29, 1.82) is 0 Å². The molecule has 0 heterocycles. The number of ketones is 1. The minimum absolute atomic E-state index is 0. The van der Waals surface area contributed by atoms with Crippen molar-refractivity contribution in [2.75, 3.05) is 6.61 Å². The minimum Gasteiger partial charge on any atom is -0.298 e. The molecule has 0 aromatic rings. The van der Waals surface area contributed by atoms with Crippen molar-refractivity contribution >= 4 is 11.8 Å². The minimum atomic E-state index is -0.587. The molecule has 0 aromatic heterocycles. The van der Waals surface area contributed by atoms with Crippen LogP contribution in [0.4, 0.5) is 0 Å². The Morgan fingerprint density at radius 1 is 1.00 bits per heavy atom. The monoisotopic (exact) mass is 348 g/mol. The second-order valence-electron chi connectivity index (χ2n) is 4.57. The first-order chi connectivity index (χ1) is 8.56. The summed E-state index contributed by atoms with van der Waals surface area (Å²) in [5, 5.41) is 0. The molecular weight excluding hydrogens is 323 g/mol. The molecule has 0 aliphatic carbocycles. The molecule has 0 amide bonds. The van der Waals surface area contributed by atoms with Crippen molar-refractivity contribution in [2.24, 2.45) is 5.41 Å². The molecule has 0 radical (unpaired) electrons. The first-order valence-electron chi connectivity index (χ1n) is 6.91. The van der Waals surface area contributed by atoms with Gasteiger partial charge in [0.1, 0.15) is 12.2 Å². The molecule has 0 atom stereocenters. The summed E-state index contributed by atoms with van der Waals surface area (Å²) in [7, 11) is 0. The number of unbranched alkanes of at least 4 members (excludes halogenated alkanes) is 1. The van der Waals surface area contributed by atoms with Gasteiger partial charge in [-0.2, -0.15) is 4.89 Å². The molecule has 0 saturated heterocycles. The molecule has 19 heavy (non-hydrogen) atoms. The molecule has 0 aliphatic rings. The quantitative estimate of drug-likeness (QED) is 0.262. The van der Waals surface area contributed by atoms with Crippen LogP contribution >= 0.6 is 0 Å². The summed E-state index contributed by atoms with van der Waals surface area (Å²) in [5.41, 5.74) is -0.386. The van der Waals surface area contributed by atoms with Crippen LogP contribution < -0.4 is 0 Å². The number of rotatable bonds is 10. The van der Waals surface area contributed by atoms with Crippen LogP contribution in [0.15, 0.2) is 0 Å². The Morgan fingerprint density at radius 2 is 1.53 bits per heavy atom. The van der Waals surface area contributed by atoms with Crippen molar-refractivity contribution in [2.45, 2.75) is 66.2 Å². The molecule has 0 aliphatic heterocycles. The summed E-state index contributed by atoms with van der Waals surface area (Å²) in [4.78, 5) is 32.9. The van der Waals surface area contributed by atoms with Crippen molar-refractivity contribution < 1.29 is 45.6 Å². The molecule has 0 saturated carbocycles. The fourth-order valence-electron chi connectivity index (χ4n) is 2.00. The average molecular weight is 350 g/mol. The Morgan fingerprint density at radius 3 is 1.95 bits per heavy atom. The number of carbonyl (C=O) groups is 2. The van der Waals surface area contributed by atoms with Crippen LogP contribution in [0.2, 0.25) is 0 Å². The number of carbonyl (C=O) groups excluding carboxylic acids is 2. The van der Waals surface area contributed by atoms with Gasteiger partial charge in [-0.05, 0) is 25.7 Å². The smallest absolute Gasteiger partial charge is 0.298 e. The van der Waals surface area contributed by atoms with Crippen molar-refractivity contribution in [3.63, 3.8) is 0 Å². The summed E-state index contributed by atoms with van der Waals surface area (Å²) in [5.74, 6) is -0.630. The zero-order valence-corrected chi connectivity index (χ0v) is 15.0. The first kappa shape index (κ1) is 21.3. The van der Waals surface area contributed by atoms with Gasteiger partial charge >= 0.3 is 5.97 Å². The first-order valence-corrected chi connectivity index (χ1v) is 6.91. The molecule has 0 rings (SSSR count). The summed E-state index contributed by atoms with van der Waals surface area (Å²) in [6, 6.07) is 0. The van der Waals surface area contributed by atoms with Crippen molar-refractivity contribution in [3.8, 4) is 0 Å². The Balaban J connectivity index is 0. The largest absolute Gasteiger partial charge is 0.349 e. The maximum Gasteiger partial charge on any atom is 0.349 e. The molecule has 0 fully saturated rings. The molecule has 110 valence electrons. The van der Waals surface area contributed by atoms with E-state index in [0.717, 1.165) is 32.1 Å². The van der Waals surface area contributed by atoms with Crippen LogP contribution in [-0.2, 0) is 45.6 Å². The van der Waals surface area contributed by atoms with Crippen LogP contribution in [0.25, 0.3) is 0 Å². The van der Waals surface area contributed by atoms with Gasteiger partial charge in [0.25, 0.3) is 0 Å². The third kappa shape index (κ3) is 7.36. The zero-order chi connectivity index (χ0) is 14.0. The number of Topliss-reactive ketones (excluding diaryl/α,β-unsaturated/α-hetero) is 1. The van der Waals surface area contributed by atoms with E-state index in [-0.39, 0.29) is 43.8 Å². The normalized spacial score (nSPS) is 10.7. The van der Waals surface area contributed by atoms with Crippen molar-refractivity contribution in [1.82, 2.24) is 0 Å². The summed E-state index contributed by atoms with van der Waals surface area (Å²) < 4.78 is 0. The fraction of sp³-hybridized carbons (Fsp3) is 0.857. The third-order valence-corrected chi connectivity index (χ3v) is 3.66. The van der Waals surface area contributed by atoms with Crippen LogP contribution in [-0.4, -0.2) is 18.4 Å². The van der Waals surface area contributed by atoms with E-state index in [2.05, 4.69) is 4.89 Å². The van der Waals surface area contributed by atoms with Crippen LogP contribution in [0.5, 0.6) is 0 Å². The van der Waals surface area contributed by atoms with Gasteiger partial charge in [0.15, 0.2) is 0 Å². The Kier molecular flexibility index (Phi) is 13.2. The van der Waals surface area contributed by atoms with E-state index in [4.69, 9.17) is 4.89 Å². The topological polar surface area (TPSA) is 52.6 Å². The Hall–Kier alpha value is -0.0169. The summed E-state index contributed by atoms with van der Waals surface area (Å²) in [6.45, 7) is 8.35. The molecule has 0 bridgehead atoms. The molecule has 0 aromatic carbocycles. The second kappa shape index (κ2) is 11.8. The van der Waals surface area contributed by atoms with Gasteiger partial charge in [-0.25, -0.2) is 4.79 Å². The molecule has 0 N–H and O–H groups in total. The van der Waals surface area contributed by atoms with E-state index in [0.29, 0.717) is 6.61 Å². The molecule has 0 spiro atoms. The standard InChI is InChI=1S/C14H26O4.Zr/c1-5-9-10-17-18-13(16)11-12(15)14(6-2,7-3)8-4;/h5-11H2,1-4H3;. The third-order valence-electron chi connectivity index (χ3n) is 3.66. The van der Waals surface area contributed by atoms with Crippen molar-refractivity contribution in [3.05, 3.63) is 0 Å². The van der Waals surface area contributed by atoms with E-state index < -0.39 is 5.97 Å². The van der Waals surface area contributed by atoms with Crippen LogP contribution in [0.3, 0.4) is 0 Å². The fourth-order valence-corrected chi connectivity index (χ4v) is 2.00. The van der Waals surface area contributed by atoms with Gasteiger partial charge < -0.3 is 0 Å². The Bertz CT molecular complexity index is 254. The van der Waals surface area contributed by atoms with Gasteiger partial charge in [0.2, 0.25) is 0 Å². The molecule has 0 unspecified atom stereocenters. The Labute approximate surface area is 135 Å². The maximum absolute atomic E-state index is 12.1. The molecular formula is C14H26O4Zr. The van der Waals surface area contributed by atoms with Crippen LogP contribution in [0, 0.1) is 5.41 Å². The van der Waals surface area contributed by atoms with Gasteiger partial charge in [0, 0.05) is 31.6 Å². The average Bonchev–Trinajstić information content (AvgIpc) is 2.37. The van der Waals surface area contributed by atoms with Gasteiger partial charge in [-0.15, -0.1) is 0 Å². The molecule has 5 heteroatoms. The predicted molar refractivity (Wildman–Crippen MR) is 69.9 cm³/mol. The summed E-state index contributed by atoms with van der Waals surface area (Å²) >= 11 is 0. The van der Waals surface area contributed by atoms with E-state index in [1.807, 2.05) is 27.7 Å². The zero-order valence-electron chi connectivity index (χ0n) is 12.6. The van der Waals surface area contributed by atoms with E-state index in [1.54, 1.807) is 0 Å². The maximum atomic E-state index is 12.1. The second-order valence-corrected chi connectivity index (χ2v) is 4.57. The van der Waals surface area contributed by atoms with E-state index >= 15 is 0 Å². The van der Waals surface area contributed by atoms with Crippen LogP contribution in [0.1, 0.15) is 66.2 Å². The van der Waals surface area contributed by atoms with E-state index in [9.17, 15) is 9.59 Å². The van der Waals surface area contributed by atoms with Gasteiger partial charge in [-0.3, -0.25) is 9.68 Å². The summed E-state index contributed by atoms with van der Waals surface area (Å²) in [6.07, 6.45) is 3.88.